The Balaban J connectivity index is 1.59. The first-order valence-electron chi connectivity index (χ1n) is 10.0. The maximum Gasteiger partial charge on any atom is 0.337 e. The minimum Gasteiger partial charge on any atom is -0.339 e. The van der Waals surface area contributed by atoms with E-state index < -0.39 is 0 Å². The first-order chi connectivity index (χ1) is 12.2. The van der Waals surface area contributed by atoms with Gasteiger partial charge in [-0.1, -0.05) is 51.9 Å². The Morgan fingerprint density at radius 3 is 2.40 bits per heavy atom. The van der Waals surface area contributed by atoms with Gasteiger partial charge >= 0.3 is 6.03 Å². The first kappa shape index (κ1) is 19.7. The SMILES string of the molecule is CCCCCCC(=O)N1CCN(C(=O)N/N=C/CC2CCCC2)CC1. The van der Waals surface area contributed by atoms with Gasteiger partial charge < -0.3 is 9.80 Å². The summed E-state index contributed by atoms with van der Waals surface area (Å²) in [5.74, 6) is 0.971. The van der Waals surface area contributed by atoms with Gasteiger partial charge in [0.2, 0.25) is 5.91 Å². The third-order valence-electron chi connectivity index (χ3n) is 5.33. The Bertz CT molecular complexity index is 439. The monoisotopic (exact) mass is 350 g/mol. The number of nitrogens with zero attached hydrogens (tertiary/aromatic N) is 3. The lowest BCUT2D eigenvalue weighted by Crippen LogP contribution is -2.52. The van der Waals surface area contributed by atoms with Crippen LogP contribution >= 0.6 is 0 Å². The van der Waals surface area contributed by atoms with E-state index in [9.17, 15) is 9.59 Å². The number of urea groups is 1. The van der Waals surface area contributed by atoms with Crippen molar-refractivity contribution in [1.29, 1.82) is 0 Å². The molecule has 2 fully saturated rings. The predicted octanol–water partition coefficient (Wildman–Crippen LogP) is 3.38. The normalized spacial score (nSPS) is 18.9. The molecule has 1 heterocycles. The Morgan fingerprint density at radius 1 is 1.04 bits per heavy atom. The van der Waals surface area contributed by atoms with E-state index in [1.165, 1.54) is 38.5 Å². The summed E-state index contributed by atoms with van der Waals surface area (Å²) in [6.07, 6.45) is 13.1. The molecule has 142 valence electrons. The number of hydrazone groups is 1. The highest BCUT2D eigenvalue weighted by molar-refractivity contribution is 5.78. The van der Waals surface area contributed by atoms with E-state index in [0.29, 0.717) is 32.6 Å². The van der Waals surface area contributed by atoms with Gasteiger partial charge in [-0.3, -0.25) is 4.79 Å². The summed E-state index contributed by atoms with van der Waals surface area (Å²) in [5, 5.41) is 4.08. The van der Waals surface area contributed by atoms with E-state index in [0.717, 1.165) is 25.2 Å². The molecule has 0 radical (unpaired) electrons. The lowest BCUT2D eigenvalue weighted by atomic mass is 10.1. The molecule has 1 aliphatic heterocycles. The summed E-state index contributed by atoms with van der Waals surface area (Å²) in [6.45, 7) is 4.61. The molecular formula is C19H34N4O2. The molecule has 1 N–H and O–H groups in total. The molecule has 2 rings (SSSR count). The second kappa shape index (κ2) is 11.1. The minimum absolute atomic E-state index is 0.155. The van der Waals surface area contributed by atoms with Gasteiger partial charge in [-0.25, -0.2) is 10.2 Å². The fourth-order valence-electron chi connectivity index (χ4n) is 3.64. The number of piperazine rings is 1. The molecule has 0 aromatic heterocycles. The maximum absolute atomic E-state index is 12.2. The fraction of sp³-hybridized carbons (Fsp3) is 0.842. The largest absolute Gasteiger partial charge is 0.339 e. The van der Waals surface area contributed by atoms with Crippen LogP contribution in [0.1, 0.15) is 71.1 Å². The van der Waals surface area contributed by atoms with Gasteiger partial charge in [0.1, 0.15) is 0 Å². The van der Waals surface area contributed by atoms with E-state index >= 15 is 0 Å². The van der Waals surface area contributed by atoms with Crippen molar-refractivity contribution in [3.8, 4) is 0 Å². The first-order valence-corrected chi connectivity index (χ1v) is 10.0. The summed E-state index contributed by atoms with van der Waals surface area (Å²) < 4.78 is 0. The van der Waals surface area contributed by atoms with Crippen molar-refractivity contribution in [1.82, 2.24) is 15.2 Å². The Morgan fingerprint density at radius 2 is 1.72 bits per heavy atom. The highest BCUT2D eigenvalue weighted by Crippen LogP contribution is 2.26. The molecule has 1 aliphatic carbocycles. The Kier molecular flexibility index (Phi) is 8.77. The topological polar surface area (TPSA) is 65.0 Å². The lowest BCUT2D eigenvalue weighted by Gasteiger charge is -2.34. The van der Waals surface area contributed by atoms with Crippen LogP contribution in [-0.2, 0) is 4.79 Å². The van der Waals surface area contributed by atoms with Gasteiger partial charge in [-0.05, 0) is 18.8 Å². The predicted molar refractivity (Wildman–Crippen MR) is 101 cm³/mol. The minimum atomic E-state index is -0.155. The molecule has 25 heavy (non-hydrogen) atoms. The van der Waals surface area contributed by atoms with Crippen LogP contribution < -0.4 is 5.43 Å². The van der Waals surface area contributed by atoms with Crippen LogP contribution in [-0.4, -0.2) is 54.1 Å². The molecule has 0 bridgehead atoms. The molecular weight excluding hydrogens is 316 g/mol. The zero-order chi connectivity index (χ0) is 17.9. The van der Waals surface area contributed by atoms with Crippen LogP contribution in [0.4, 0.5) is 4.79 Å². The molecule has 0 aromatic rings. The smallest absolute Gasteiger partial charge is 0.337 e. The van der Waals surface area contributed by atoms with Gasteiger partial charge in [0.15, 0.2) is 0 Å². The Labute approximate surface area is 152 Å². The van der Waals surface area contributed by atoms with Crippen LogP contribution in [0.5, 0.6) is 0 Å². The van der Waals surface area contributed by atoms with Gasteiger partial charge in [-0.2, -0.15) is 5.10 Å². The van der Waals surface area contributed by atoms with E-state index in [4.69, 9.17) is 0 Å². The van der Waals surface area contributed by atoms with E-state index in [1.807, 2.05) is 11.1 Å². The number of amides is 3. The van der Waals surface area contributed by atoms with Crippen molar-refractivity contribution in [2.45, 2.75) is 71.1 Å². The van der Waals surface area contributed by atoms with Crippen molar-refractivity contribution in [3.05, 3.63) is 0 Å². The standard InChI is InChI=1S/C19H34N4O2/c1-2-3-4-5-10-18(24)22-13-15-23(16-14-22)19(25)21-20-12-11-17-8-6-7-9-17/h12,17H,2-11,13-16H2,1H3,(H,21,25)/b20-12+. The molecule has 0 aromatic carbocycles. The van der Waals surface area contributed by atoms with Gasteiger partial charge in [0.25, 0.3) is 0 Å². The van der Waals surface area contributed by atoms with Gasteiger partial charge in [-0.15, -0.1) is 0 Å². The molecule has 1 saturated heterocycles. The summed E-state index contributed by atoms with van der Waals surface area (Å²) in [6, 6.07) is -0.155. The molecule has 0 spiro atoms. The lowest BCUT2D eigenvalue weighted by molar-refractivity contribution is -0.132. The number of nitrogens with one attached hydrogen (secondary N) is 1. The van der Waals surface area contributed by atoms with Crippen LogP contribution in [0.15, 0.2) is 5.10 Å². The highest BCUT2D eigenvalue weighted by atomic mass is 16.2. The fourth-order valence-corrected chi connectivity index (χ4v) is 3.64. The van der Waals surface area contributed by atoms with Crippen LogP contribution in [0, 0.1) is 5.92 Å². The molecule has 2 aliphatic rings. The second-order valence-electron chi connectivity index (χ2n) is 7.29. The van der Waals surface area contributed by atoms with Crippen LogP contribution in [0.2, 0.25) is 0 Å². The number of carbonyl (C=O) groups excluding carboxylic acids is 2. The molecule has 0 unspecified atom stereocenters. The molecule has 6 nitrogen and oxygen atoms in total. The summed E-state index contributed by atoms with van der Waals surface area (Å²) in [7, 11) is 0. The van der Waals surface area contributed by atoms with Gasteiger partial charge in [0.05, 0.1) is 0 Å². The quantitative estimate of drug-likeness (QED) is 0.414. The highest BCUT2D eigenvalue weighted by Gasteiger charge is 2.23. The average molecular weight is 351 g/mol. The van der Waals surface area contributed by atoms with Crippen molar-refractivity contribution in [2.75, 3.05) is 26.2 Å². The number of unbranched alkanes of at least 4 members (excludes halogenated alkanes) is 3. The number of carbonyl (C=O) groups is 2. The van der Waals surface area contributed by atoms with E-state index in [1.54, 1.807) is 4.90 Å². The van der Waals surface area contributed by atoms with E-state index in [-0.39, 0.29) is 11.9 Å². The number of hydrogen-bond acceptors (Lipinski definition) is 3. The van der Waals surface area contributed by atoms with Gasteiger partial charge in [0, 0.05) is 38.8 Å². The zero-order valence-electron chi connectivity index (χ0n) is 15.7. The third-order valence-corrected chi connectivity index (χ3v) is 5.33. The summed E-state index contributed by atoms with van der Waals surface area (Å²) >= 11 is 0. The van der Waals surface area contributed by atoms with Crippen molar-refractivity contribution in [3.63, 3.8) is 0 Å². The third kappa shape index (κ3) is 7.04. The van der Waals surface area contributed by atoms with Crippen molar-refractivity contribution in [2.24, 2.45) is 11.0 Å². The average Bonchev–Trinajstić information content (AvgIpc) is 3.15. The molecule has 6 heteroatoms. The Hall–Kier alpha value is -1.59. The van der Waals surface area contributed by atoms with Crippen LogP contribution in [0.3, 0.4) is 0 Å². The molecule has 1 saturated carbocycles. The summed E-state index contributed by atoms with van der Waals surface area (Å²) in [4.78, 5) is 27.9. The number of hydrogen-bond donors (Lipinski definition) is 1. The van der Waals surface area contributed by atoms with E-state index in [2.05, 4.69) is 17.5 Å². The van der Waals surface area contributed by atoms with Crippen molar-refractivity contribution < 1.29 is 9.59 Å². The number of rotatable bonds is 8. The second-order valence-corrected chi connectivity index (χ2v) is 7.29. The van der Waals surface area contributed by atoms with Crippen LogP contribution in [0.25, 0.3) is 0 Å². The zero-order valence-corrected chi connectivity index (χ0v) is 15.7. The summed E-state index contributed by atoms with van der Waals surface area (Å²) in [5.41, 5.74) is 2.62. The molecule has 3 amide bonds. The molecule has 0 atom stereocenters. The van der Waals surface area contributed by atoms with Crippen molar-refractivity contribution >= 4 is 18.2 Å². The maximum atomic E-state index is 12.2.